The van der Waals surface area contributed by atoms with E-state index in [1.807, 2.05) is 0 Å². The van der Waals surface area contributed by atoms with Crippen LogP contribution in [0.1, 0.15) is 26.2 Å². The van der Waals surface area contributed by atoms with Gasteiger partial charge in [-0.2, -0.15) is 0 Å². The molecule has 0 spiro atoms. The Kier molecular flexibility index (Phi) is 4.95. The van der Waals surface area contributed by atoms with E-state index in [9.17, 15) is 9.59 Å². The second-order valence-electron chi connectivity index (χ2n) is 3.13. The van der Waals surface area contributed by atoms with Gasteiger partial charge in [0, 0.05) is 6.04 Å². The fraction of sp³-hybridized carbons (Fsp3) is 0.750. The summed E-state index contributed by atoms with van der Waals surface area (Å²) in [7, 11) is 0. The minimum atomic E-state index is -0.635. The molecular formula is C8H15ClN2O2. The monoisotopic (exact) mass is 206 g/mol. The van der Waals surface area contributed by atoms with Gasteiger partial charge >= 0.3 is 0 Å². The van der Waals surface area contributed by atoms with Gasteiger partial charge in [-0.25, -0.2) is 0 Å². The van der Waals surface area contributed by atoms with Crippen LogP contribution in [-0.4, -0.2) is 23.8 Å². The molecule has 1 fully saturated rings. The van der Waals surface area contributed by atoms with Crippen LogP contribution in [0.3, 0.4) is 0 Å². The molecule has 1 aliphatic carbocycles. The predicted molar refractivity (Wildman–Crippen MR) is 51.7 cm³/mol. The van der Waals surface area contributed by atoms with Gasteiger partial charge in [-0.1, -0.05) is 6.92 Å². The Morgan fingerprint density at radius 2 is 2.08 bits per heavy atom. The second-order valence-corrected chi connectivity index (χ2v) is 3.13. The molecule has 1 unspecified atom stereocenters. The van der Waals surface area contributed by atoms with Crippen LogP contribution in [0.4, 0.5) is 0 Å². The number of hydrogen-bond acceptors (Lipinski definition) is 3. The molecule has 76 valence electrons. The molecule has 4 nitrogen and oxygen atoms in total. The van der Waals surface area contributed by atoms with Gasteiger partial charge in [-0.15, -0.1) is 12.4 Å². The molecule has 5 heteroatoms. The molecule has 0 radical (unpaired) electrons. The van der Waals surface area contributed by atoms with Gasteiger partial charge in [0.25, 0.3) is 5.91 Å². The van der Waals surface area contributed by atoms with Gasteiger partial charge in [0.15, 0.2) is 0 Å². The molecule has 0 saturated heterocycles. The Balaban J connectivity index is 0.00000144. The van der Waals surface area contributed by atoms with Gasteiger partial charge in [-0.05, 0) is 19.3 Å². The highest BCUT2D eigenvalue weighted by atomic mass is 35.5. The highest BCUT2D eigenvalue weighted by Crippen LogP contribution is 2.18. The van der Waals surface area contributed by atoms with Crippen molar-refractivity contribution in [3.63, 3.8) is 0 Å². The maximum absolute atomic E-state index is 11.1. The van der Waals surface area contributed by atoms with Crippen molar-refractivity contribution < 1.29 is 9.59 Å². The van der Waals surface area contributed by atoms with Crippen molar-refractivity contribution in [1.82, 2.24) is 5.32 Å². The summed E-state index contributed by atoms with van der Waals surface area (Å²) in [5, 5.41) is 2.60. The minimum Gasteiger partial charge on any atom is -0.347 e. The molecule has 0 aromatic heterocycles. The Labute approximate surface area is 83.7 Å². The molecule has 1 atom stereocenters. The number of rotatable bonds is 4. The van der Waals surface area contributed by atoms with Crippen LogP contribution in [-0.2, 0) is 9.59 Å². The van der Waals surface area contributed by atoms with Crippen molar-refractivity contribution in [2.75, 3.05) is 0 Å². The number of nitrogens with two attached hydrogens (primary N) is 1. The normalized spacial score (nSPS) is 17.1. The van der Waals surface area contributed by atoms with Gasteiger partial charge in [-0.3, -0.25) is 9.59 Å². The molecule has 0 heterocycles. The van der Waals surface area contributed by atoms with E-state index < -0.39 is 17.7 Å². The second kappa shape index (κ2) is 5.19. The van der Waals surface area contributed by atoms with Crippen molar-refractivity contribution in [2.45, 2.75) is 38.3 Å². The summed E-state index contributed by atoms with van der Waals surface area (Å²) in [4.78, 5) is 22.2. The van der Waals surface area contributed by atoms with Crippen molar-refractivity contribution in [3.8, 4) is 0 Å². The average molecular weight is 207 g/mol. The maximum Gasteiger partial charge on any atom is 0.289 e. The highest BCUT2D eigenvalue weighted by Gasteiger charge is 2.28. The fourth-order valence-corrected chi connectivity index (χ4v) is 0.838. The lowest BCUT2D eigenvalue weighted by Gasteiger charge is -2.06. The summed E-state index contributed by atoms with van der Waals surface area (Å²) in [6.45, 7) is 1.78. The number of carbonyl (C=O) groups is 2. The van der Waals surface area contributed by atoms with E-state index in [2.05, 4.69) is 5.32 Å². The molecule has 0 aromatic rings. The van der Waals surface area contributed by atoms with Crippen LogP contribution in [0.5, 0.6) is 0 Å². The molecule has 1 rings (SSSR count). The molecular weight excluding hydrogens is 192 g/mol. The highest BCUT2D eigenvalue weighted by molar-refractivity contribution is 6.38. The number of Topliss-reactive ketones (excluding diaryl/α,β-unsaturated/α-hetero) is 1. The SMILES string of the molecule is CCC(N)C(=O)C(=O)NC1CC1.Cl. The third-order valence-electron chi connectivity index (χ3n) is 1.91. The first-order valence-electron chi connectivity index (χ1n) is 4.25. The van der Waals surface area contributed by atoms with Gasteiger partial charge in [0.2, 0.25) is 5.78 Å². The Bertz CT molecular complexity index is 204. The summed E-state index contributed by atoms with van der Waals surface area (Å²) in [5.41, 5.74) is 5.40. The van der Waals surface area contributed by atoms with Crippen LogP contribution in [0.25, 0.3) is 0 Å². The number of amides is 1. The zero-order chi connectivity index (χ0) is 9.14. The Morgan fingerprint density at radius 1 is 1.54 bits per heavy atom. The van der Waals surface area contributed by atoms with Crippen LogP contribution < -0.4 is 11.1 Å². The van der Waals surface area contributed by atoms with E-state index in [4.69, 9.17) is 5.73 Å². The number of hydrogen-bond donors (Lipinski definition) is 2. The molecule has 1 saturated carbocycles. The van der Waals surface area contributed by atoms with Gasteiger partial charge in [0.05, 0.1) is 6.04 Å². The lowest BCUT2D eigenvalue weighted by atomic mass is 10.1. The topological polar surface area (TPSA) is 72.2 Å². The lowest BCUT2D eigenvalue weighted by molar-refractivity contribution is -0.138. The largest absolute Gasteiger partial charge is 0.347 e. The molecule has 0 aromatic carbocycles. The number of nitrogens with one attached hydrogen (secondary N) is 1. The lowest BCUT2D eigenvalue weighted by Crippen LogP contribution is -2.42. The molecule has 0 bridgehead atoms. The standard InChI is InChI=1S/C8H14N2O2.ClH/c1-2-6(9)7(11)8(12)10-5-3-4-5;/h5-6H,2-4,9H2,1H3,(H,10,12);1H. The third-order valence-corrected chi connectivity index (χ3v) is 1.91. The Morgan fingerprint density at radius 3 is 2.46 bits per heavy atom. The summed E-state index contributed by atoms with van der Waals surface area (Å²) >= 11 is 0. The molecule has 1 amide bonds. The van der Waals surface area contributed by atoms with Crippen LogP contribution in [0, 0.1) is 0 Å². The van der Waals surface area contributed by atoms with E-state index in [0.717, 1.165) is 12.8 Å². The van der Waals surface area contributed by atoms with E-state index in [1.54, 1.807) is 6.92 Å². The first-order valence-corrected chi connectivity index (χ1v) is 4.25. The summed E-state index contributed by atoms with van der Waals surface area (Å²) in [5.74, 6) is -1.02. The molecule has 13 heavy (non-hydrogen) atoms. The van der Waals surface area contributed by atoms with E-state index >= 15 is 0 Å². The summed E-state index contributed by atoms with van der Waals surface area (Å²) in [6.07, 6.45) is 2.48. The summed E-state index contributed by atoms with van der Waals surface area (Å²) in [6, 6.07) is -0.408. The molecule has 0 aliphatic heterocycles. The fourth-order valence-electron chi connectivity index (χ4n) is 0.838. The molecule has 3 N–H and O–H groups in total. The Hall–Kier alpha value is -0.610. The molecule has 1 aliphatic rings. The zero-order valence-corrected chi connectivity index (χ0v) is 8.39. The van der Waals surface area contributed by atoms with Crippen LogP contribution >= 0.6 is 12.4 Å². The van der Waals surface area contributed by atoms with Crippen molar-refractivity contribution in [1.29, 1.82) is 0 Å². The first-order chi connectivity index (χ1) is 5.65. The minimum absolute atomic E-state index is 0. The zero-order valence-electron chi connectivity index (χ0n) is 7.58. The van der Waals surface area contributed by atoms with E-state index in [0.29, 0.717) is 6.42 Å². The van der Waals surface area contributed by atoms with E-state index in [1.165, 1.54) is 0 Å². The smallest absolute Gasteiger partial charge is 0.289 e. The van der Waals surface area contributed by atoms with Crippen molar-refractivity contribution in [3.05, 3.63) is 0 Å². The van der Waals surface area contributed by atoms with E-state index in [-0.39, 0.29) is 18.4 Å². The quantitative estimate of drug-likeness (QED) is 0.636. The van der Waals surface area contributed by atoms with Crippen molar-refractivity contribution in [2.24, 2.45) is 5.73 Å². The third kappa shape index (κ3) is 3.74. The number of ketones is 1. The number of carbonyl (C=O) groups excluding carboxylic acids is 2. The first kappa shape index (κ1) is 12.4. The predicted octanol–water partition coefficient (Wildman–Crippen LogP) is -0.00680. The number of halogens is 1. The summed E-state index contributed by atoms with van der Waals surface area (Å²) < 4.78 is 0. The maximum atomic E-state index is 11.1. The van der Waals surface area contributed by atoms with Crippen LogP contribution in [0.15, 0.2) is 0 Å². The van der Waals surface area contributed by atoms with Crippen LogP contribution in [0.2, 0.25) is 0 Å². The average Bonchev–Trinajstić information content (AvgIpc) is 2.85. The van der Waals surface area contributed by atoms with Crippen molar-refractivity contribution >= 4 is 24.1 Å². The van der Waals surface area contributed by atoms with Gasteiger partial charge in [0.1, 0.15) is 0 Å². The van der Waals surface area contributed by atoms with Gasteiger partial charge < -0.3 is 11.1 Å².